The molecule has 0 saturated carbocycles. The first-order chi connectivity index (χ1) is 6.52. The molecular formula is C4H6F3O6S2-. The Labute approximate surface area is 86.2 Å². The first-order valence-electron chi connectivity index (χ1n) is 3.31. The molecular weight excluding hydrogens is 265 g/mol. The molecule has 0 radical (unpaired) electrons. The van der Waals surface area contributed by atoms with Gasteiger partial charge in [0, 0.05) is 0 Å². The molecule has 0 aromatic rings. The van der Waals surface area contributed by atoms with Gasteiger partial charge in [-0.15, -0.1) is 0 Å². The highest BCUT2D eigenvalue weighted by atomic mass is 32.3. The van der Waals surface area contributed by atoms with E-state index in [-0.39, 0.29) is 0 Å². The van der Waals surface area contributed by atoms with E-state index in [1.54, 1.807) is 0 Å². The van der Waals surface area contributed by atoms with E-state index in [0.717, 1.165) is 6.92 Å². The van der Waals surface area contributed by atoms with Crippen LogP contribution >= 0.6 is 0 Å². The standard InChI is InChI=1S/C4H7F3O6S2/c1-3(2-4(5,6)7)12-15(10,11)13-14(8)9/h3H,2H2,1H3,(H,8,9)/p-1. The van der Waals surface area contributed by atoms with Crippen LogP contribution < -0.4 is 0 Å². The van der Waals surface area contributed by atoms with E-state index in [9.17, 15) is 30.4 Å². The Morgan fingerprint density at radius 2 is 1.93 bits per heavy atom. The van der Waals surface area contributed by atoms with E-state index in [1.807, 2.05) is 0 Å². The number of alkyl halides is 3. The van der Waals surface area contributed by atoms with Crippen LogP contribution in [0.1, 0.15) is 13.3 Å². The van der Waals surface area contributed by atoms with Gasteiger partial charge in [-0.25, -0.2) is 8.39 Å². The molecule has 0 aliphatic carbocycles. The van der Waals surface area contributed by atoms with Crippen molar-refractivity contribution in [2.45, 2.75) is 25.6 Å². The zero-order valence-electron chi connectivity index (χ0n) is 7.18. The van der Waals surface area contributed by atoms with Gasteiger partial charge in [0.05, 0.1) is 12.5 Å². The Morgan fingerprint density at radius 3 is 2.27 bits per heavy atom. The second-order valence-electron chi connectivity index (χ2n) is 2.41. The third kappa shape index (κ3) is 8.74. The van der Waals surface area contributed by atoms with Gasteiger partial charge in [-0.3, -0.25) is 0 Å². The number of hydrogen-bond acceptors (Lipinski definition) is 6. The molecule has 92 valence electrons. The highest BCUT2D eigenvalue weighted by Gasteiger charge is 2.33. The Balaban J connectivity index is 4.29. The summed E-state index contributed by atoms with van der Waals surface area (Å²) in [4.78, 5) is 0. The normalized spacial score (nSPS) is 17.4. The van der Waals surface area contributed by atoms with Gasteiger partial charge in [-0.1, -0.05) is 0 Å². The third-order valence-corrected chi connectivity index (χ3v) is 2.62. The van der Waals surface area contributed by atoms with Gasteiger partial charge in [0.25, 0.3) is 0 Å². The van der Waals surface area contributed by atoms with E-state index in [0.29, 0.717) is 0 Å². The van der Waals surface area contributed by atoms with Crippen molar-refractivity contribution in [1.82, 2.24) is 0 Å². The van der Waals surface area contributed by atoms with E-state index in [4.69, 9.17) is 0 Å². The van der Waals surface area contributed by atoms with Gasteiger partial charge in [0.15, 0.2) is 0 Å². The average molecular weight is 271 g/mol. The molecule has 0 aromatic heterocycles. The molecule has 0 saturated heterocycles. The van der Waals surface area contributed by atoms with Crippen molar-refractivity contribution in [3.05, 3.63) is 0 Å². The summed E-state index contributed by atoms with van der Waals surface area (Å²) in [6.45, 7) is 0.808. The molecule has 0 N–H and O–H groups in total. The lowest BCUT2D eigenvalue weighted by Gasteiger charge is -2.14. The zero-order chi connectivity index (χ0) is 12.3. The SMILES string of the molecule is CC(CC(F)(F)F)OS(=O)(=O)OS(=O)[O-]. The highest BCUT2D eigenvalue weighted by Crippen LogP contribution is 2.23. The molecule has 6 nitrogen and oxygen atoms in total. The highest BCUT2D eigenvalue weighted by molar-refractivity contribution is 7.92. The molecule has 2 unspecified atom stereocenters. The predicted molar refractivity (Wildman–Crippen MR) is 40.1 cm³/mol. The van der Waals surface area contributed by atoms with Crippen LogP contribution in [-0.2, 0) is 29.6 Å². The zero-order valence-corrected chi connectivity index (χ0v) is 8.82. The van der Waals surface area contributed by atoms with Crippen LogP contribution in [0.4, 0.5) is 13.2 Å². The van der Waals surface area contributed by atoms with Gasteiger partial charge < -0.3 is 4.55 Å². The van der Waals surface area contributed by atoms with Gasteiger partial charge >= 0.3 is 16.6 Å². The molecule has 15 heavy (non-hydrogen) atoms. The maximum Gasteiger partial charge on any atom is 0.412 e. The molecule has 2 atom stereocenters. The molecule has 0 amide bonds. The lowest BCUT2D eigenvalue weighted by Crippen LogP contribution is -2.24. The lowest BCUT2D eigenvalue weighted by atomic mass is 10.3. The minimum Gasteiger partial charge on any atom is -0.749 e. The van der Waals surface area contributed by atoms with Gasteiger partial charge in [0.1, 0.15) is 11.4 Å². The molecule has 0 bridgehead atoms. The summed E-state index contributed by atoms with van der Waals surface area (Å²) in [5.74, 6) is 0. The van der Waals surface area contributed by atoms with Crippen LogP contribution in [0, 0.1) is 0 Å². The second kappa shape index (κ2) is 5.21. The fraction of sp³-hybridized carbons (Fsp3) is 1.00. The van der Waals surface area contributed by atoms with Gasteiger partial charge in [-0.2, -0.15) is 25.2 Å². The fourth-order valence-electron chi connectivity index (χ4n) is 0.645. The quantitative estimate of drug-likeness (QED) is 0.672. The minimum atomic E-state index is -4.97. The summed E-state index contributed by atoms with van der Waals surface area (Å²) in [6.07, 6.45) is -7.93. The molecule has 0 aliphatic rings. The van der Waals surface area contributed by atoms with E-state index in [1.165, 1.54) is 0 Å². The Hall–Kier alpha value is -0.230. The van der Waals surface area contributed by atoms with Crippen molar-refractivity contribution in [3.63, 3.8) is 0 Å². The molecule has 11 heteroatoms. The summed E-state index contributed by atoms with van der Waals surface area (Å²) in [6, 6.07) is 0. The molecule has 0 fully saturated rings. The Morgan fingerprint density at radius 1 is 1.47 bits per heavy atom. The van der Waals surface area contributed by atoms with Crippen LogP contribution in [-0.4, -0.2) is 29.5 Å². The topological polar surface area (TPSA) is 92.7 Å². The summed E-state index contributed by atoms with van der Waals surface area (Å²) in [5, 5.41) is 0. The molecule has 0 rings (SSSR count). The van der Waals surface area contributed by atoms with Gasteiger partial charge in [0.2, 0.25) is 0 Å². The first-order valence-corrected chi connectivity index (χ1v) is 5.64. The van der Waals surface area contributed by atoms with Crippen molar-refractivity contribution >= 4 is 21.8 Å². The van der Waals surface area contributed by atoms with Crippen molar-refractivity contribution < 1.29 is 38.2 Å². The van der Waals surface area contributed by atoms with Crippen molar-refractivity contribution in [1.29, 1.82) is 0 Å². The van der Waals surface area contributed by atoms with E-state index >= 15 is 0 Å². The second-order valence-corrected chi connectivity index (χ2v) is 4.37. The lowest BCUT2D eigenvalue weighted by molar-refractivity contribution is -0.148. The third-order valence-electron chi connectivity index (χ3n) is 0.940. The Kier molecular flexibility index (Phi) is 5.13. The monoisotopic (exact) mass is 271 g/mol. The van der Waals surface area contributed by atoms with Crippen LogP contribution in [0.25, 0.3) is 0 Å². The summed E-state index contributed by atoms with van der Waals surface area (Å²) < 4.78 is 82.7. The maximum absolute atomic E-state index is 11.7. The van der Waals surface area contributed by atoms with E-state index in [2.05, 4.69) is 7.81 Å². The molecule has 0 spiro atoms. The van der Waals surface area contributed by atoms with Crippen molar-refractivity contribution in [2.24, 2.45) is 0 Å². The fourth-order valence-corrected chi connectivity index (χ4v) is 1.79. The maximum atomic E-state index is 11.7. The number of halogens is 3. The average Bonchev–Trinajstić information content (AvgIpc) is 1.73. The smallest absolute Gasteiger partial charge is 0.412 e. The van der Waals surface area contributed by atoms with Crippen LogP contribution in [0.2, 0.25) is 0 Å². The largest absolute Gasteiger partial charge is 0.749 e. The first kappa shape index (κ1) is 14.8. The van der Waals surface area contributed by atoms with Crippen LogP contribution in [0.5, 0.6) is 0 Å². The summed E-state index contributed by atoms with van der Waals surface area (Å²) in [7, 11) is -4.97. The molecule has 0 aliphatic heterocycles. The van der Waals surface area contributed by atoms with Crippen molar-refractivity contribution in [3.8, 4) is 0 Å². The minimum absolute atomic E-state index is 0.808. The summed E-state index contributed by atoms with van der Waals surface area (Å²) in [5.41, 5.74) is 0. The van der Waals surface area contributed by atoms with Crippen LogP contribution in [0.3, 0.4) is 0 Å². The molecule has 0 heterocycles. The number of hydrogen-bond donors (Lipinski definition) is 0. The van der Waals surface area contributed by atoms with Gasteiger partial charge in [-0.05, 0) is 6.92 Å². The predicted octanol–water partition coefficient (Wildman–Crippen LogP) is 0.399. The van der Waals surface area contributed by atoms with E-state index < -0.39 is 40.5 Å². The molecule has 0 aromatic carbocycles. The van der Waals surface area contributed by atoms with Crippen molar-refractivity contribution in [2.75, 3.05) is 0 Å². The summed E-state index contributed by atoms with van der Waals surface area (Å²) >= 11 is -3.42. The Bertz CT molecular complexity index is 322. The van der Waals surface area contributed by atoms with Crippen LogP contribution in [0.15, 0.2) is 0 Å². The number of rotatable bonds is 5.